The quantitative estimate of drug-likeness (QED) is 0.906. The van der Waals surface area contributed by atoms with Crippen molar-refractivity contribution in [3.8, 4) is 11.3 Å². The summed E-state index contributed by atoms with van der Waals surface area (Å²) in [6.07, 6.45) is 5.37. The van der Waals surface area contributed by atoms with Gasteiger partial charge in [0.2, 0.25) is 0 Å². The molecule has 3 rings (SSSR count). The molecule has 0 amide bonds. The molecule has 1 aromatic heterocycles. The van der Waals surface area contributed by atoms with E-state index in [-0.39, 0.29) is 6.10 Å². The van der Waals surface area contributed by atoms with Crippen LogP contribution in [0, 0.1) is 0 Å². The molecule has 3 nitrogen and oxygen atoms in total. The predicted molar refractivity (Wildman–Crippen MR) is 82.4 cm³/mol. The van der Waals surface area contributed by atoms with Crippen molar-refractivity contribution in [2.24, 2.45) is 0 Å². The zero-order valence-electron chi connectivity index (χ0n) is 11.2. The van der Waals surface area contributed by atoms with Gasteiger partial charge in [-0.25, -0.2) is 9.97 Å². The summed E-state index contributed by atoms with van der Waals surface area (Å²) in [4.78, 5) is 9.14. The monoisotopic (exact) mass is 332 g/mol. The van der Waals surface area contributed by atoms with Gasteiger partial charge in [-0.1, -0.05) is 28.1 Å². The minimum absolute atomic E-state index is 0.138. The third kappa shape index (κ3) is 3.07. The Balaban J connectivity index is 1.84. The number of aliphatic hydroxyl groups is 1. The summed E-state index contributed by atoms with van der Waals surface area (Å²) in [6, 6.07) is 10.1. The first kappa shape index (κ1) is 13.7. The predicted octanol–water partition coefficient (Wildman–Crippen LogP) is 3.92. The first-order chi connectivity index (χ1) is 9.72. The maximum Gasteiger partial charge on any atom is 0.132 e. The molecule has 1 aromatic carbocycles. The molecule has 1 N–H and O–H groups in total. The second-order valence-electron chi connectivity index (χ2n) is 5.31. The Morgan fingerprint density at radius 1 is 1.00 bits per heavy atom. The largest absolute Gasteiger partial charge is 0.393 e. The zero-order chi connectivity index (χ0) is 13.9. The van der Waals surface area contributed by atoms with Crippen LogP contribution in [0.2, 0.25) is 0 Å². The SMILES string of the molecule is OC1CCC(c2nccc(-c3ccc(Br)cc3)n2)CC1. The lowest BCUT2D eigenvalue weighted by Gasteiger charge is -2.24. The van der Waals surface area contributed by atoms with Gasteiger partial charge in [0.1, 0.15) is 5.82 Å². The normalized spacial score (nSPS) is 22.7. The van der Waals surface area contributed by atoms with Crippen LogP contribution in [-0.2, 0) is 0 Å². The van der Waals surface area contributed by atoms with Crippen molar-refractivity contribution in [3.63, 3.8) is 0 Å². The summed E-state index contributed by atoms with van der Waals surface area (Å²) in [6.45, 7) is 0. The van der Waals surface area contributed by atoms with Gasteiger partial charge >= 0.3 is 0 Å². The van der Waals surface area contributed by atoms with Gasteiger partial charge in [0.25, 0.3) is 0 Å². The lowest BCUT2D eigenvalue weighted by Crippen LogP contribution is -2.18. The molecule has 0 atom stereocenters. The van der Waals surface area contributed by atoms with Gasteiger partial charge < -0.3 is 5.11 Å². The van der Waals surface area contributed by atoms with Gasteiger partial charge in [-0.2, -0.15) is 0 Å². The lowest BCUT2D eigenvalue weighted by molar-refractivity contribution is 0.121. The van der Waals surface area contributed by atoms with Gasteiger partial charge in [-0.05, 0) is 43.9 Å². The number of aliphatic hydroxyl groups excluding tert-OH is 1. The standard InChI is InChI=1S/C16H17BrN2O/c17-13-5-1-11(2-6-13)15-9-10-18-16(19-15)12-3-7-14(20)8-4-12/h1-2,5-6,9-10,12,14,20H,3-4,7-8H2. The van der Waals surface area contributed by atoms with E-state index in [4.69, 9.17) is 4.98 Å². The molecule has 1 aliphatic rings. The van der Waals surface area contributed by atoms with Crippen molar-refractivity contribution < 1.29 is 5.11 Å². The van der Waals surface area contributed by atoms with Crippen LogP contribution < -0.4 is 0 Å². The molecule has 1 fully saturated rings. The van der Waals surface area contributed by atoms with Gasteiger partial charge in [0.15, 0.2) is 0 Å². The molecule has 20 heavy (non-hydrogen) atoms. The van der Waals surface area contributed by atoms with Crippen LogP contribution in [0.25, 0.3) is 11.3 Å². The first-order valence-corrected chi connectivity index (χ1v) is 7.78. The van der Waals surface area contributed by atoms with E-state index in [2.05, 4.69) is 33.0 Å². The first-order valence-electron chi connectivity index (χ1n) is 6.99. The van der Waals surface area contributed by atoms with Crippen LogP contribution in [0.5, 0.6) is 0 Å². The second kappa shape index (κ2) is 6.02. The molecule has 0 spiro atoms. The summed E-state index contributed by atoms with van der Waals surface area (Å²) < 4.78 is 1.07. The molecule has 2 aromatic rings. The molecule has 0 bridgehead atoms. The Hall–Kier alpha value is -1.26. The number of benzene rings is 1. The molecule has 0 saturated heterocycles. The second-order valence-corrected chi connectivity index (χ2v) is 6.23. The highest BCUT2D eigenvalue weighted by Gasteiger charge is 2.22. The lowest BCUT2D eigenvalue weighted by atomic mass is 9.87. The van der Waals surface area contributed by atoms with Crippen molar-refractivity contribution in [1.29, 1.82) is 0 Å². The van der Waals surface area contributed by atoms with E-state index in [1.807, 2.05) is 24.4 Å². The summed E-state index contributed by atoms with van der Waals surface area (Å²) >= 11 is 3.44. The van der Waals surface area contributed by atoms with Gasteiger partial charge in [-0.15, -0.1) is 0 Å². The maximum absolute atomic E-state index is 9.59. The fraction of sp³-hybridized carbons (Fsp3) is 0.375. The molecule has 1 heterocycles. The molecule has 0 aliphatic heterocycles. The van der Waals surface area contributed by atoms with Crippen LogP contribution in [-0.4, -0.2) is 21.2 Å². The minimum atomic E-state index is -0.138. The summed E-state index contributed by atoms with van der Waals surface area (Å²) in [5.41, 5.74) is 2.07. The highest BCUT2D eigenvalue weighted by molar-refractivity contribution is 9.10. The number of hydrogen-bond donors (Lipinski definition) is 1. The molecule has 1 aliphatic carbocycles. The number of halogens is 1. The fourth-order valence-electron chi connectivity index (χ4n) is 2.69. The number of hydrogen-bond acceptors (Lipinski definition) is 3. The van der Waals surface area contributed by atoms with E-state index in [9.17, 15) is 5.11 Å². The van der Waals surface area contributed by atoms with E-state index in [1.165, 1.54) is 0 Å². The fourth-order valence-corrected chi connectivity index (χ4v) is 2.95. The van der Waals surface area contributed by atoms with E-state index in [0.29, 0.717) is 5.92 Å². The van der Waals surface area contributed by atoms with E-state index in [1.54, 1.807) is 0 Å². The van der Waals surface area contributed by atoms with Crippen LogP contribution in [0.15, 0.2) is 41.0 Å². The van der Waals surface area contributed by atoms with Crippen molar-refractivity contribution in [3.05, 3.63) is 46.8 Å². The van der Waals surface area contributed by atoms with Crippen LogP contribution in [0.4, 0.5) is 0 Å². The molecule has 104 valence electrons. The zero-order valence-corrected chi connectivity index (χ0v) is 12.8. The minimum Gasteiger partial charge on any atom is -0.393 e. The van der Waals surface area contributed by atoms with Crippen molar-refractivity contribution >= 4 is 15.9 Å². The smallest absolute Gasteiger partial charge is 0.132 e. The Bertz CT molecular complexity index is 577. The van der Waals surface area contributed by atoms with Crippen molar-refractivity contribution in [2.45, 2.75) is 37.7 Å². The highest BCUT2D eigenvalue weighted by atomic mass is 79.9. The van der Waals surface area contributed by atoms with Crippen LogP contribution in [0.3, 0.4) is 0 Å². The molecule has 1 saturated carbocycles. The van der Waals surface area contributed by atoms with Crippen molar-refractivity contribution in [2.75, 3.05) is 0 Å². The number of rotatable bonds is 2. The Morgan fingerprint density at radius 3 is 2.40 bits per heavy atom. The molecule has 0 radical (unpaired) electrons. The Labute approximate surface area is 127 Å². The van der Waals surface area contributed by atoms with E-state index >= 15 is 0 Å². The Morgan fingerprint density at radius 2 is 1.70 bits per heavy atom. The third-order valence-electron chi connectivity index (χ3n) is 3.88. The molecular weight excluding hydrogens is 316 g/mol. The van der Waals surface area contributed by atoms with Gasteiger partial charge in [0, 0.05) is 22.2 Å². The average Bonchev–Trinajstić information content (AvgIpc) is 2.49. The maximum atomic E-state index is 9.59. The number of nitrogens with zero attached hydrogens (tertiary/aromatic N) is 2. The van der Waals surface area contributed by atoms with Crippen LogP contribution in [0.1, 0.15) is 37.4 Å². The summed E-state index contributed by atoms with van der Waals surface area (Å²) in [5.74, 6) is 1.30. The Kier molecular flexibility index (Phi) is 4.13. The van der Waals surface area contributed by atoms with Gasteiger partial charge in [-0.3, -0.25) is 0 Å². The van der Waals surface area contributed by atoms with Crippen LogP contribution >= 0.6 is 15.9 Å². The average molecular weight is 333 g/mol. The van der Waals surface area contributed by atoms with Gasteiger partial charge in [0.05, 0.1) is 11.8 Å². The third-order valence-corrected chi connectivity index (χ3v) is 4.40. The molecule has 4 heteroatoms. The number of aromatic nitrogens is 2. The molecule has 0 unspecified atom stereocenters. The topological polar surface area (TPSA) is 46.0 Å². The summed E-state index contributed by atoms with van der Waals surface area (Å²) in [5, 5.41) is 9.59. The highest BCUT2D eigenvalue weighted by Crippen LogP contribution is 2.31. The van der Waals surface area contributed by atoms with E-state index in [0.717, 1.165) is 47.2 Å². The summed E-state index contributed by atoms with van der Waals surface area (Å²) in [7, 11) is 0. The van der Waals surface area contributed by atoms with E-state index < -0.39 is 0 Å². The molecular formula is C16H17BrN2O. The van der Waals surface area contributed by atoms with Crippen molar-refractivity contribution in [1.82, 2.24) is 9.97 Å².